The minimum Gasteiger partial charge on any atom is 0 e. The summed E-state index contributed by atoms with van der Waals surface area (Å²) in [6.07, 6.45) is 0. The molecular weight excluding hydrogens is 379 g/mol. The van der Waals surface area contributed by atoms with Crippen LogP contribution in [0.1, 0.15) is 0 Å². The van der Waals surface area contributed by atoms with E-state index in [2.05, 4.69) is 0 Å². The van der Waals surface area contributed by atoms with Crippen molar-refractivity contribution in [3.63, 3.8) is 0 Å². The Labute approximate surface area is 72.2 Å². The van der Waals surface area contributed by atoms with E-state index in [1.165, 1.54) is 0 Å². The molecule has 0 aliphatic heterocycles. The summed E-state index contributed by atoms with van der Waals surface area (Å²) in [6.45, 7) is 0. The first kappa shape index (κ1) is 11.5. The molecule has 0 N–H and O–H groups in total. The van der Waals surface area contributed by atoms with Crippen LogP contribution in [0.3, 0.4) is 0 Å². The zero-order valence-electron chi connectivity index (χ0n) is 2.51. The molecule has 0 amide bonds. The van der Waals surface area contributed by atoms with Gasteiger partial charge in [0.05, 0.1) is 0 Å². The van der Waals surface area contributed by atoms with Crippen LogP contribution >= 0.6 is 35.7 Å². The molecule has 0 aliphatic rings. The van der Waals surface area contributed by atoms with Gasteiger partial charge in [-0.2, -0.15) is 0 Å². The van der Waals surface area contributed by atoms with E-state index < -0.39 is 13.9 Å². The van der Waals surface area contributed by atoms with Crippen LogP contribution in [0.4, 0.5) is 0 Å². The maximum Gasteiger partial charge on any atom is 0 e. The van der Waals surface area contributed by atoms with Gasteiger partial charge in [0.1, 0.15) is 0 Å². The Morgan fingerprint density at radius 3 is 0.833 bits per heavy atom. The van der Waals surface area contributed by atoms with Gasteiger partial charge < -0.3 is 0 Å². The Bertz CT molecular complexity index is 21.0. The average Bonchev–Trinajstić information content (AvgIpc) is 0.722. The van der Waals surface area contributed by atoms with Crippen LogP contribution in [0.25, 0.3) is 0 Å². The second kappa shape index (κ2) is 4.62. The molecule has 0 aromatic rings. The molecule has 0 aromatic carbocycles. The van der Waals surface area contributed by atoms with Crippen LogP contribution in [-0.4, -0.2) is 37.8 Å². The van der Waals surface area contributed by atoms with Crippen LogP contribution in [-0.2, 0) is 0 Å². The van der Waals surface area contributed by atoms with Crippen LogP contribution < -0.4 is 0 Å². The summed E-state index contributed by atoms with van der Waals surface area (Å²) in [7, 11) is 20.1. The van der Waals surface area contributed by atoms with Gasteiger partial charge in [-0.15, -0.1) is 0 Å². The molecule has 6 heavy (non-hydrogen) atoms. The van der Waals surface area contributed by atoms with E-state index in [1.807, 2.05) is 0 Å². The molecule has 0 aromatic heterocycles. The molecule has 0 rings (SSSR count). The first-order valence-corrected chi connectivity index (χ1v) is 15.2. The molecule has 36 valence electrons. The molecule has 0 fully saturated rings. The van der Waals surface area contributed by atoms with Crippen molar-refractivity contribution in [1.82, 2.24) is 0 Å². The predicted octanol–water partition coefficient (Wildman–Crippen LogP) is 2.00. The molecule has 0 bridgehead atoms. The second-order valence-corrected chi connectivity index (χ2v) is 25.9. The van der Waals surface area contributed by atoms with E-state index in [0.29, 0.717) is 0 Å². The van der Waals surface area contributed by atoms with Gasteiger partial charge in [0.2, 0.25) is 0 Å². The number of halogens is 4. The molecule has 0 saturated carbocycles. The molecule has 0 saturated heterocycles. The minimum atomic E-state index is -3.29. The minimum absolute atomic E-state index is 0. The Balaban J connectivity index is 0. The summed E-state index contributed by atoms with van der Waals surface area (Å²) in [5.74, 6) is 0. The summed E-state index contributed by atoms with van der Waals surface area (Å²) in [5.41, 5.74) is 0. The van der Waals surface area contributed by atoms with Crippen molar-refractivity contribution in [2.75, 3.05) is 0 Å². The molecule has 0 nitrogen and oxygen atoms in total. The summed E-state index contributed by atoms with van der Waals surface area (Å²) >= 11 is -3.29. The average molecular weight is 379 g/mol. The standard InChI is InChI=1S/4ClH.2Sn/h4*1H;;/q;;;;;+4/p-4. The molecular formula is Cl4Sn2. The summed E-state index contributed by atoms with van der Waals surface area (Å²) in [5, 5.41) is 0. The van der Waals surface area contributed by atoms with Gasteiger partial charge in [-0.3, -0.25) is 0 Å². The fraction of sp³-hybridized carbons (Fsp3) is 0. The van der Waals surface area contributed by atoms with Crippen molar-refractivity contribution in [2.24, 2.45) is 0 Å². The van der Waals surface area contributed by atoms with Crippen molar-refractivity contribution < 1.29 is 0 Å². The van der Waals surface area contributed by atoms with E-state index in [-0.39, 0.29) is 23.9 Å². The molecule has 0 unspecified atom stereocenters. The molecule has 0 atom stereocenters. The van der Waals surface area contributed by atoms with Crippen molar-refractivity contribution in [2.45, 2.75) is 0 Å². The maximum atomic E-state index is 5.04. The maximum absolute atomic E-state index is 5.04. The largest absolute Gasteiger partial charge is 0 e. The van der Waals surface area contributed by atoms with Crippen LogP contribution in [0.15, 0.2) is 0 Å². The van der Waals surface area contributed by atoms with Gasteiger partial charge in [-0.05, 0) is 0 Å². The van der Waals surface area contributed by atoms with Crippen molar-refractivity contribution in [3.8, 4) is 0 Å². The van der Waals surface area contributed by atoms with E-state index in [0.717, 1.165) is 0 Å². The zero-order chi connectivity index (χ0) is 4.50. The van der Waals surface area contributed by atoms with Crippen LogP contribution in [0.2, 0.25) is 0 Å². The Hall–Kier alpha value is 2.76. The van der Waals surface area contributed by atoms with Crippen LogP contribution in [0, 0.1) is 0 Å². The third-order valence-corrected chi connectivity index (χ3v) is 0. The van der Waals surface area contributed by atoms with Gasteiger partial charge in [0, 0.05) is 23.9 Å². The van der Waals surface area contributed by atoms with Gasteiger partial charge in [0.25, 0.3) is 0 Å². The number of hydrogen-bond acceptors (Lipinski definition) is 0. The Morgan fingerprint density at radius 1 is 0.833 bits per heavy atom. The molecule has 0 aliphatic carbocycles. The van der Waals surface area contributed by atoms with E-state index in [9.17, 15) is 0 Å². The predicted molar refractivity (Wildman–Crippen MR) is 34.9 cm³/mol. The number of rotatable bonds is 0. The third-order valence-electron chi connectivity index (χ3n) is 0. The fourth-order valence-electron chi connectivity index (χ4n) is 0. The van der Waals surface area contributed by atoms with Crippen molar-refractivity contribution in [3.05, 3.63) is 0 Å². The molecule has 4 radical (unpaired) electrons. The monoisotopic (exact) mass is 380 g/mol. The second-order valence-electron chi connectivity index (χ2n) is 0.429. The summed E-state index contributed by atoms with van der Waals surface area (Å²) in [4.78, 5) is 0. The molecule has 0 heterocycles. The first-order chi connectivity index (χ1) is 2.00. The smallest absolute Gasteiger partial charge is 0 e. The third kappa shape index (κ3) is 29.5. The molecule has 6 heteroatoms. The van der Waals surface area contributed by atoms with Gasteiger partial charge in [0.15, 0.2) is 0 Å². The first-order valence-electron chi connectivity index (χ1n) is 0.756. The van der Waals surface area contributed by atoms with Gasteiger partial charge in [-0.25, -0.2) is 0 Å². The normalized spacial score (nSPS) is 10.0. The zero-order valence-corrected chi connectivity index (χ0v) is 11.2. The summed E-state index contributed by atoms with van der Waals surface area (Å²) < 4.78 is 0. The Morgan fingerprint density at radius 2 is 0.833 bits per heavy atom. The van der Waals surface area contributed by atoms with E-state index in [4.69, 9.17) is 35.7 Å². The number of hydrogen-bond donors (Lipinski definition) is 0. The van der Waals surface area contributed by atoms with Crippen LogP contribution in [0.5, 0.6) is 0 Å². The van der Waals surface area contributed by atoms with Crippen molar-refractivity contribution in [1.29, 1.82) is 0 Å². The fourth-order valence-corrected chi connectivity index (χ4v) is 0. The summed E-state index contributed by atoms with van der Waals surface area (Å²) in [6, 6.07) is 0. The quantitative estimate of drug-likeness (QED) is 0.565. The molecule has 0 spiro atoms. The van der Waals surface area contributed by atoms with E-state index >= 15 is 0 Å². The Kier molecular flexibility index (Phi) is 8.88. The topological polar surface area (TPSA) is 0 Å². The van der Waals surface area contributed by atoms with Crippen molar-refractivity contribution >= 4 is 73.5 Å². The van der Waals surface area contributed by atoms with E-state index in [1.54, 1.807) is 0 Å². The SMILES string of the molecule is [Cl][Sn]([Cl])([Cl])[Cl].[Sn]. The van der Waals surface area contributed by atoms with Gasteiger partial charge in [-0.1, -0.05) is 0 Å². The van der Waals surface area contributed by atoms with Gasteiger partial charge >= 0.3 is 49.6 Å².